The molecule has 2 aromatic carbocycles. The number of hydrogen-bond donors (Lipinski definition) is 1. The van der Waals surface area contributed by atoms with Gasteiger partial charge in [-0.15, -0.1) is 10.2 Å². The summed E-state index contributed by atoms with van der Waals surface area (Å²) in [6, 6.07) is 17.6. The molecule has 0 radical (unpaired) electrons. The van der Waals surface area contributed by atoms with E-state index in [4.69, 9.17) is 11.6 Å². The maximum absolute atomic E-state index is 12.2. The Morgan fingerprint density at radius 2 is 1.85 bits per heavy atom. The lowest BCUT2D eigenvalue weighted by Crippen LogP contribution is -2.15. The van der Waals surface area contributed by atoms with E-state index in [1.807, 2.05) is 31.2 Å². The summed E-state index contributed by atoms with van der Waals surface area (Å²) < 4.78 is 0. The molecule has 138 valence electrons. The molecule has 0 fully saturated rings. The molecule has 0 aliphatic rings. The standard InChI is InChI=1S/C21H20ClN3OS/c1-3-15-7-9-16(10-8-15)19-11-12-21(25-24-19)27-13-20(26)23-18-6-4-5-17(22)14(18)2/h4-12H,3,13H2,1-2H3,(H,23,26). The molecule has 1 N–H and O–H groups in total. The largest absolute Gasteiger partial charge is 0.325 e. The number of hydrogen-bond acceptors (Lipinski definition) is 4. The SMILES string of the molecule is CCc1ccc(-c2ccc(SCC(=O)Nc3cccc(Cl)c3C)nn2)cc1. The second kappa shape index (κ2) is 9.02. The first-order valence-electron chi connectivity index (χ1n) is 8.67. The Morgan fingerprint density at radius 1 is 1.07 bits per heavy atom. The minimum absolute atomic E-state index is 0.105. The van der Waals surface area contributed by atoms with E-state index in [9.17, 15) is 4.79 Å². The maximum Gasteiger partial charge on any atom is 0.234 e. The summed E-state index contributed by atoms with van der Waals surface area (Å²) in [7, 11) is 0. The first-order chi connectivity index (χ1) is 13.1. The molecule has 1 aromatic heterocycles. The highest BCUT2D eigenvalue weighted by atomic mass is 35.5. The van der Waals surface area contributed by atoms with Crippen molar-refractivity contribution in [2.75, 3.05) is 11.1 Å². The maximum atomic E-state index is 12.2. The van der Waals surface area contributed by atoms with E-state index in [2.05, 4.69) is 46.7 Å². The molecule has 0 unspecified atom stereocenters. The fourth-order valence-electron chi connectivity index (χ4n) is 2.53. The topological polar surface area (TPSA) is 54.9 Å². The van der Waals surface area contributed by atoms with Crippen LogP contribution in [0.2, 0.25) is 5.02 Å². The second-order valence-corrected chi connectivity index (χ2v) is 7.46. The first kappa shape index (κ1) is 19.4. The second-order valence-electron chi connectivity index (χ2n) is 6.06. The van der Waals surface area contributed by atoms with Crippen molar-refractivity contribution >= 4 is 35.0 Å². The molecule has 0 saturated carbocycles. The average molecular weight is 398 g/mol. The number of halogens is 1. The third-order valence-corrected chi connectivity index (χ3v) is 5.52. The molecular weight excluding hydrogens is 378 g/mol. The van der Waals surface area contributed by atoms with E-state index in [0.717, 1.165) is 28.9 Å². The third-order valence-electron chi connectivity index (χ3n) is 4.19. The summed E-state index contributed by atoms with van der Waals surface area (Å²) in [5.74, 6) is 0.150. The fraction of sp³-hybridized carbons (Fsp3) is 0.190. The highest BCUT2D eigenvalue weighted by Gasteiger charge is 2.09. The van der Waals surface area contributed by atoms with Crippen LogP contribution in [0.4, 0.5) is 5.69 Å². The van der Waals surface area contributed by atoms with Gasteiger partial charge in [-0.1, -0.05) is 60.6 Å². The normalized spacial score (nSPS) is 10.6. The van der Waals surface area contributed by atoms with Crippen molar-refractivity contribution in [1.29, 1.82) is 0 Å². The van der Waals surface area contributed by atoms with Crippen LogP contribution in [0.1, 0.15) is 18.1 Å². The van der Waals surface area contributed by atoms with Crippen molar-refractivity contribution in [3.63, 3.8) is 0 Å². The molecule has 0 aliphatic carbocycles. The number of nitrogens with one attached hydrogen (secondary N) is 1. The lowest BCUT2D eigenvalue weighted by atomic mass is 10.1. The van der Waals surface area contributed by atoms with Gasteiger partial charge < -0.3 is 5.32 Å². The fourth-order valence-corrected chi connectivity index (χ4v) is 3.32. The summed E-state index contributed by atoms with van der Waals surface area (Å²) in [5.41, 5.74) is 4.73. The van der Waals surface area contributed by atoms with Crippen LogP contribution in [0.15, 0.2) is 59.6 Å². The number of aromatic nitrogens is 2. The van der Waals surface area contributed by atoms with Gasteiger partial charge in [-0.2, -0.15) is 0 Å². The van der Waals surface area contributed by atoms with Gasteiger partial charge in [0.2, 0.25) is 5.91 Å². The van der Waals surface area contributed by atoms with Gasteiger partial charge in [-0.05, 0) is 48.7 Å². The predicted octanol–water partition coefficient (Wildman–Crippen LogP) is 5.40. The van der Waals surface area contributed by atoms with Crippen LogP contribution in [-0.4, -0.2) is 21.9 Å². The lowest BCUT2D eigenvalue weighted by molar-refractivity contribution is -0.113. The number of nitrogens with zero attached hydrogens (tertiary/aromatic N) is 2. The molecule has 0 bridgehead atoms. The lowest BCUT2D eigenvalue weighted by Gasteiger charge is -2.09. The van der Waals surface area contributed by atoms with Crippen molar-refractivity contribution in [3.8, 4) is 11.3 Å². The van der Waals surface area contributed by atoms with E-state index in [1.165, 1.54) is 17.3 Å². The number of benzene rings is 2. The molecule has 0 aliphatic heterocycles. The van der Waals surface area contributed by atoms with Gasteiger partial charge in [0.1, 0.15) is 5.03 Å². The van der Waals surface area contributed by atoms with Crippen molar-refractivity contribution in [2.24, 2.45) is 0 Å². The first-order valence-corrected chi connectivity index (χ1v) is 10.0. The smallest absolute Gasteiger partial charge is 0.234 e. The monoisotopic (exact) mass is 397 g/mol. The predicted molar refractivity (Wildman–Crippen MR) is 112 cm³/mol. The Morgan fingerprint density at radius 3 is 2.52 bits per heavy atom. The average Bonchev–Trinajstić information content (AvgIpc) is 2.70. The van der Waals surface area contributed by atoms with Crippen LogP contribution in [-0.2, 0) is 11.2 Å². The van der Waals surface area contributed by atoms with Crippen LogP contribution in [0.25, 0.3) is 11.3 Å². The van der Waals surface area contributed by atoms with Gasteiger partial charge in [-0.25, -0.2) is 0 Å². The van der Waals surface area contributed by atoms with Gasteiger partial charge >= 0.3 is 0 Å². The molecule has 0 saturated heterocycles. The number of carbonyl (C=O) groups excluding carboxylic acids is 1. The van der Waals surface area contributed by atoms with Crippen molar-refractivity contribution < 1.29 is 4.79 Å². The van der Waals surface area contributed by atoms with E-state index >= 15 is 0 Å². The minimum atomic E-state index is -0.105. The van der Waals surface area contributed by atoms with Crippen LogP contribution in [0, 0.1) is 6.92 Å². The van der Waals surface area contributed by atoms with E-state index in [-0.39, 0.29) is 11.7 Å². The molecule has 0 spiro atoms. The van der Waals surface area contributed by atoms with E-state index in [1.54, 1.807) is 6.07 Å². The Kier molecular flexibility index (Phi) is 6.48. The van der Waals surface area contributed by atoms with Gasteiger partial charge in [0.05, 0.1) is 11.4 Å². The van der Waals surface area contributed by atoms with E-state index in [0.29, 0.717) is 10.0 Å². The number of rotatable bonds is 6. The number of thioether (sulfide) groups is 1. The molecule has 0 atom stereocenters. The van der Waals surface area contributed by atoms with Crippen LogP contribution >= 0.6 is 23.4 Å². The Labute approximate surface area is 168 Å². The van der Waals surface area contributed by atoms with Gasteiger partial charge in [0, 0.05) is 16.3 Å². The van der Waals surface area contributed by atoms with Crippen LogP contribution in [0.3, 0.4) is 0 Å². The molecule has 4 nitrogen and oxygen atoms in total. The molecule has 1 heterocycles. The molecule has 27 heavy (non-hydrogen) atoms. The summed E-state index contributed by atoms with van der Waals surface area (Å²) in [5, 5.41) is 12.7. The molecule has 1 amide bonds. The molecular formula is C21H20ClN3OS. The summed E-state index contributed by atoms with van der Waals surface area (Å²) in [4.78, 5) is 12.2. The zero-order valence-electron chi connectivity index (χ0n) is 15.2. The number of carbonyl (C=O) groups is 1. The van der Waals surface area contributed by atoms with Gasteiger partial charge in [0.15, 0.2) is 0 Å². The Balaban J connectivity index is 1.58. The summed E-state index contributed by atoms with van der Waals surface area (Å²) in [6.07, 6.45) is 1.01. The molecule has 3 rings (SSSR count). The zero-order chi connectivity index (χ0) is 19.2. The number of anilines is 1. The molecule has 6 heteroatoms. The number of aryl methyl sites for hydroxylation is 1. The summed E-state index contributed by atoms with van der Waals surface area (Å²) in [6.45, 7) is 4.01. The quantitative estimate of drug-likeness (QED) is 0.566. The van der Waals surface area contributed by atoms with Gasteiger partial charge in [0.25, 0.3) is 0 Å². The minimum Gasteiger partial charge on any atom is -0.325 e. The highest BCUT2D eigenvalue weighted by molar-refractivity contribution is 7.99. The van der Waals surface area contributed by atoms with Crippen LogP contribution < -0.4 is 5.32 Å². The Bertz CT molecular complexity index is 927. The van der Waals surface area contributed by atoms with Crippen LogP contribution in [0.5, 0.6) is 0 Å². The Hall–Kier alpha value is -2.37. The zero-order valence-corrected chi connectivity index (χ0v) is 16.8. The highest BCUT2D eigenvalue weighted by Crippen LogP contribution is 2.24. The summed E-state index contributed by atoms with van der Waals surface area (Å²) >= 11 is 7.43. The van der Waals surface area contributed by atoms with Gasteiger partial charge in [-0.3, -0.25) is 4.79 Å². The molecule has 3 aromatic rings. The van der Waals surface area contributed by atoms with Crippen molar-refractivity contribution in [3.05, 3.63) is 70.7 Å². The van der Waals surface area contributed by atoms with E-state index < -0.39 is 0 Å². The third kappa shape index (κ3) is 5.08. The van der Waals surface area contributed by atoms with Crippen molar-refractivity contribution in [1.82, 2.24) is 10.2 Å². The number of amides is 1. The van der Waals surface area contributed by atoms with Crippen molar-refractivity contribution in [2.45, 2.75) is 25.3 Å².